The van der Waals surface area contributed by atoms with Crippen molar-refractivity contribution in [2.75, 3.05) is 11.9 Å². The molecule has 2 atom stereocenters. The predicted octanol–water partition coefficient (Wildman–Crippen LogP) is 3.55. The lowest BCUT2D eigenvalue weighted by molar-refractivity contribution is -0.162. The third-order valence-electron chi connectivity index (χ3n) is 4.48. The van der Waals surface area contributed by atoms with Gasteiger partial charge in [0.1, 0.15) is 6.61 Å². The van der Waals surface area contributed by atoms with Gasteiger partial charge in [0.25, 0.3) is 5.91 Å². The minimum atomic E-state index is -0.979. The topological polar surface area (TPSA) is 73.9 Å². The number of esters is 1. The van der Waals surface area contributed by atoms with Crippen molar-refractivity contribution < 1.29 is 23.8 Å². The van der Waals surface area contributed by atoms with Crippen LogP contribution in [0.4, 0.5) is 5.69 Å². The largest absolute Gasteiger partial charge is 0.485 e. The molecular formula is C22H19NO5. The fourth-order valence-electron chi connectivity index (χ4n) is 3.01. The molecule has 1 aliphatic rings. The van der Waals surface area contributed by atoms with Crippen LogP contribution < -0.4 is 14.8 Å². The highest BCUT2D eigenvalue weighted by molar-refractivity contribution is 6.03. The third kappa shape index (κ3) is 3.62. The number of anilines is 1. The molecule has 0 unspecified atom stereocenters. The van der Waals surface area contributed by atoms with Crippen molar-refractivity contribution in [2.24, 2.45) is 0 Å². The summed E-state index contributed by atoms with van der Waals surface area (Å²) < 4.78 is 16.4. The van der Waals surface area contributed by atoms with E-state index < -0.39 is 24.1 Å². The summed E-state index contributed by atoms with van der Waals surface area (Å²) in [6, 6.07) is 20.4. The lowest BCUT2D eigenvalue weighted by Crippen LogP contribution is -2.41. The Kier molecular flexibility index (Phi) is 4.85. The Morgan fingerprint density at radius 3 is 2.57 bits per heavy atom. The number of rotatable bonds is 4. The molecule has 0 bridgehead atoms. The Morgan fingerprint density at radius 2 is 1.71 bits per heavy atom. The molecule has 4 rings (SSSR count). The van der Waals surface area contributed by atoms with Crippen LogP contribution in [-0.2, 0) is 14.3 Å². The molecule has 6 nitrogen and oxygen atoms in total. The fourth-order valence-corrected chi connectivity index (χ4v) is 3.01. The van der Waals surface area contributed by atoms with Crippen LogP contribution in [0.1, 0.15) is 6.92 Å². The molecule has 3 aromatic rings. The van der Waals surface area contributed by atoms with Gasteiger partial charge in [0.2, 0.25) is 6.10 Å². The van der Waals surface area contributed by atoms with Crippen LogP contribution in [0.3, 0.4) is 0 Å². The van der Waals surface area contributed by atoms with Gasteiger partial charge >= 0.3 is 5.97 Å². The summed E-state index contributed by atoms with van der Waals surface area (Å²) in [5, 5.41) is 4.75. The number of hydrogen-bond acceptors (Lipinski definition) is 5. The summed E-state index contributed by atoms with van der Waals surface area (Å²) in [4.78, 5) is 24.9. The van der Waals surface area contributed by atoms with Gasteiger partial charge < -0.3 is 19.5 Å². The molecular weight excluding hydrogens is 358 g/mol. The Balaban J connectivity index is 1.40. The van der Waals surface area contributed by atoms with Gasteiger partial charge in [-0.05, 0) is 30.5 Å². The molecule has 142 valence electrons. The van der Waals surface area contributed by atoms with E-state index in [4.69, 9.17) is 14.2 Å². The average Bonchev–Trinajstić information content (AvgIpc) is 2.73. The molecule has 1 heterocycles. The predicted molar refractivity (Wildman–Crippen MR) is 104 cm³/mol. The van der Waals surface area contributed by atoms with Gasteiger partial charge in [-0.3, -0.25) is 4.79 Å². The standard InChI is InChI=1S/C22H19NO5/c1-14(21(24)23-17-10-6-8-15-7-2-3-9-16(15)17)27-22(25)20-13-26-18-11-4-5-12-19(18)28-20/h2-12,14,20H,13H2,1H3,(H,23,24)/t14-,20-/m1/s1. The van der Waals surface area contributed by atoms with E-state index in [0.29, 0.717) is 17.2 Å². The van der Waals surface area contributed by atoms with Crippen LogP contribution in [0, 0.1) is 0 Å². The number of carbonyl (C=O) groups is 2. The highest BCUT2D eigenvalue weighted by Crippen LogP contribution is 2.31. The molecule has 1 aliphatic heterocycles. The van der Waals surface area contributed by atoms with Crippen molar-refractivity contribution in [3.63, 3.8) is 0 Å². The number of fused-ring (bicyclic) bond motifs is 2. The SMILES string of the molecule is C[C@@H](OC(=O)[C@H]1COc2ccccc2O1)C(=O)Nc1cccc2ccccc12. The van der Waals surface area contributed by atoms with E-state index in [1.807, 2.05) is 48.5 Å². The maximum absolute atomic E-state index is 12.5. The third-order valence-corrected chi connectivity index (χ3v) is 4.48. The quantitative estimate of drug-likeness (QED) is 0.704. The van der Waals surface area contributed by atoms with Crippen molar-refractivity contribution in [3.05, 3.63) is 66.7 Å². The number of benzene rings is 3. The smallest absolute Gasteiger partial charge is 0.351 e. The van der Waals surface area contributed by atoms with E-state index in [0.717, 1.165) is 10.8 Å². The lowest BCUT2D eigenvalue weighted by atomic mass is 10.1. The first-order valence-electron chi connectivity index (χ1n) is 8.99. The van der Waals surface area contributed by atoms with Gasteiger partial charge in [-0.15, -0.1) is 0 Å². The minimum Gasteiger partial charge on any atom is -0.485 e. The zero-order valence-corrected chi connectivity index (χ0v) is 15.3. The zero-order valence-electron chi connectivity index (χ0n) is 15.3. The summed E-state index contributed by atoms with van der Waals surface area (Å²) in [5.74, 6) is -0.00578. The van der Waals surface area contributed by atoms with E-state index >= 15 is 0 Å². The van der Waals surface area contributed by atoms with Crippen molar-refractivity contribution >= 4 is 28.3 Å². The lowest BCUT2D eigenvalue weighted by Gasteiger charge is -2.26. The van der Waals surface area contributed by atoms with Gasteiger partial charge in [0.15, 0.2) is 17.6 Å². The Hall–Kier alpha value is -3.54. The van der Waals surface area contributed by atoms with Crippen LogP contribution in [0.5, 0.6) is 11.5 Å². The van der Waals surface area contributed by atoms with E-state index in [1.54, 1.807) is 18.2 Å². The van der Waals surface area contributed by atoms with Crippen LogP contribution in [0.15, 0.2) is 66.7 Å². The van der Waals surface area contributed by atoms with Crippen LogP contribution in [-0.4, -0.2) is 30.7 Å². The molecule has 1 amide bonds. The summed E-state index contributed by atoms with van der Waals surface area (Å²) in [6.45, 7) is 1.56. The van der Waals surface area contributed by atoms with E-state index in [-0.39, 0.29) is 6.61 Å². The van der Waals surface area contributed by atoms with Crippen molar-refractivity contribution in [1.29, 1.82) is 0 Å². The monoisotopic (exact) mass is 377 g/mol. The van der Waals surface area contributed by atoms with Crippen molar-refractivity contribution in [2.45, 2.75) is 19.1 Å². The molecule has 1 N–H and O–H groups in total. The molecule has 6 heteroatoms. The first-order chi connectivity index (χ1) is 13.6. The van der Waals surface area contributed by atoms with Crippen molar-refractivity contribution in [3.8, 4) is 11.5 Å². The second-order valence-electron chi connectivity index (χ2n) is 6.46. The molecule has 3 aromatic carbocycles. The maximum Gasteiger partial charge on any atom is 0.351 e. The molecule has 0 fully saturated rings. The highest BCUT2D eigenvalue weighted by atomic mass is 16.6. The summed E-state index contributed by atoms with van der Waals surface area (Å²) >= 11 is 0. The second-order valence-corrected chi connectivity index (χ2v) is 6.46. The number of carbonyl (C=O) groups excluding carboxylic acids is 2. The molecule has 0 saturated carbocycles. The summed E-state index contributed by atoms with van der Waals surface area (Å²) in [7, 11) is 0. The Bertz CT molecular complexity index is 1030. The van der Waals surface area contributed by atoms with Crippen LogP contribution >= 0.6 is 0 Å². The average molecular weight is 377 g/mol. The van der Waals surface area contributed by atoms with Gasteiger partial charge in [0, 0.05) is 11.1 Å². The van der Waals surface area contributed by atoms with E-state index in [9.17, 15) is 9.59 Å². The highest BCUT2D eigenvalue weighted by Gasteiger charge is 2.31. The molecule has 0 spiro atoms. The summed E-state index contributed by atoms with van der Waals surface area (Å²) in [5.41, 5.74) is 0.664. The van der Waals surface area contributed by atoms with E-state index in [1.165, 1.54) is 6.92 Å². The van der Waals surface area contributed by atoms with Gasteiger partial charge in [-0.25, -0.2) is 4.79 Å². The maximum atomic E-state index is 12.5. The Morgan fingerprint density at radius 1 is 1.00 bits per heavy atom. The molecule has 0 aliphatic carbocycles. The van der Waals surface area contributed by atoms with Gasteiger partial charge in [0.05, 0.1) is 0 Å². The van der Waals surface area contributed by atoms with Crippen LogP contribution in [0.2, 0.25) is 0 Å². The normalized spacial score (nSPS) is 16.2. The Labute approximate surface area is 162 Å². The molecule has 0 radical (unpaired) electrons. The van der Waals surface area contributed by atoms with Crippen LogP contribution in [0.25, 0.3) is 10.8 Å². The van der Waals surface area contributed by atoms with Crippen molar-refractivity contribution in [1.82, 2.24) is 0 Å². The molecule has 0 saturated heterocycles. The number of para-hydroxylation sites is 2. The number of ether oxygens (including phenoxy) is 3. The number of hydrogen-bond donors (Lipinski definition) is 1. The summed E-state index contributed by atoms with van der Waals surface area (Å²) in [6.07, 6.45) is -1.89. The first-order valence-corrected chi connectivity index (χ1v) is 8.99. The van der Waals surface area contributed by atoms with Gasteiger partial charge in [-0.2, -0.15) is 0 Å². The second kappa shape index (κ2) is 7.60. The van der Waals surface area contributed by atoms with Gasteiger partial charge in [-0.1, -0.05) is 48.5 Å². The fraction of sp³-hybridized carbons (Fsp3) is 0.182. The first kappa shape index (κ1) is 17.9. The zero-order chi connectivity index (χ0) is 19.5. The minimum absolute atomic E-state index is 0.0352. The molecule has 0 aromatic heterocycles. The molecule has 28 heavy (non-hydrogen) atoms. The van der Waals surface area contributed by atoms with E-state index in [2.05, 4.69) is 5.32 Å². The number of nitrogens with one attached hydrogen (secondary N) is 1. The number of amides is 1.